The average Bonchev–Trinajstić information content (AvgIpc) is 2.61. The van der Waals surface area contributed by atoms with E-state index in [2.05, 4.69) is 6.07 Å². The fourth-order valence-corrected chi connectivity index (χ4v) is 2.92. The normalized spacial score (nSPS) is 10.2. The van der Waals surface area contributed by atoms with Gasteiger partial charge < -0.3 is 9.64 Å². The number of carbonyl (C=O) groups is 2. The van der Waals surface area contributed by atoms with Crippen LogP contribution in [0.4, 0.5) is 5.69 Å². The van der Waals surface area contributed by atoms with Crippen molar-refractivity contribution in [3.8, 4) is 6.07 Å². The molecule has 2 aromatic carbocycles. The van der Waals surface area contributed by atoms with Crippen molar-refractivity contribution in [1.29, 1.82) is 5.26 Å². The first-order chi connectivity index (χ1) is 12.8. The van der Waals surface area contributed by atoms with Gasteiger partial charge in [0.15, 0.2) is 6.61 Å². The first-order valence-corrected chi connectivity index (χ1v) is 8.82. The summed E-state index contributed by atoms with van der Waals surface area (Å²) >= 11 is 0. The number of aryl methyl sites for hydroxylation is 3. The Morgan fingerprint density at radius 2 is 1.74 bits per heavy atom. The first kappa shape index (κ1) is 20.2. The molecule has 27 heavy (non-hydrogen) atoms. The molecule has 2 rings (SSSR count). The van der Waals surface area contributed by atoms with Crippen molar-refractivity contribution in [1.82, 2.24) is 0 Å². The number of esters is 1. The molecular weight excluding hydrogens is 340 g/mol. The molecule has 5 heteroatoms. The number of amides is 1. The van der Waals surface area contributed by atoms with E-state index in [1.807, 2.05) is 52.0 Å². The van der Waals surface area contributed by atoms with Gasteiger partial charge in [-0.05, 0) is 68.1 Å². The highest BCUT2D eigenvalue weighted by Crippen LogP contribution is 2.20. The number of anilines is 1. The Balaban J connectivity index is 2.15. The zero-order chi connectivity index (χ0) is 20.0. The molecule has 0 aromatic heterocycles. The lowest BCUT2D eigenvalue weighted by atomic mass is 10.0. The molecule has 0 saturated carbocycles. The number of hydrogen-bond donors (Lipinski definition) is 0. The number of carbonyl (C=O) groups excluding carboxylic acids is 2. The molecule has 2 aromatic rings. The molecule has 1 amide bonds. The van der Waals surface area contributed by atoms with Gasteiger partial charge in [0.2, 0.25) is 0 Å². The summed E-state index contributed by atoms with van der Waals surface area (Å²) in [4.78, 5) is 26.6. The second-order valence-electron chi connectivity index (χ2n) is 6.62. The van der Waals surface area contributed by atoms with Crippen LogP contribution in [0.2, 0.25) is 0 Å². The number of rotatable bonds is 6. The molecule has 0 aliphatic carbocycles. The highest BCUT2D eigenvalue weighted by Gasteiger charge is 2.19. The van der Waals surface area contributed by atoms with Gasteiger partial charge in [-0.3, -0.25) is 4.79 Å². The van der Waals surface area contributed by atoms with Gasteiger partial charge in [0, 0.05) is 12.2 Å². The topological polar surface area (TPSA) is 70.4 Å². The van der Waals surface area contributed by atoms with Crippen LogP contribution in [0.1, 0.15) is 39.0 Å². The van der Waals surface area contributed by atoms with Crippen molar-refractivity contribution in [3.05, 3.63) is 64.2 Å². The predicted octanol–water partition coefficient (Wildman–Crippen LogP) is 4.02. The largest absolute Gasteiger partial charge is 0.452 e. The van der Waals surface area contributed by atoms with Gasteiger partial charge in [-0.15, -0.1) is 0 Å². The summed E-state index contributed by atoms with van der Waals surface area (Å²) in [7, 11) is 0. The van der Waals surface area contributed by atoms with Crippen LogP contribution >= 0.6 is 0 Å². The van der Waals surface area contributed by atoms with E-state index < -0.39 is 5.97 Å². The van der Waals surface area contributed by atoms with Gasteiger partial charge in [0.1, 0.15) is 0 Å². The summed E-state index contributed by atoms with van der Waals surface area (Å²) in [5, 5.41) is 8.90. The molecule has 0 aliphatic rings. The van der Waals surface area contributed by atoms with Crippen molar-refractivity contribution < 1.29 is 14.3 Å². The molecule has 0 radical (unpaired) electrons. The lowest BCUT2D eigenvalue weighted by Crippen LogP contribution is -2.35. The molecule has 0 heterocycles. The summed E-state index contributed by atoms with van der Waals surface area (Å²) in [6.07, 6.45) is 0.198. The van der Waals surface area contributed by atoms with Crippen LogP contribution in [-0.4, -0.2) is 25.0 Å². The van der Waals surface area contributed by atoms with Gasteiger partial charge >= 0.3 is 5.97 Å². The summed E-state index contributed by atoms with van der Waals surface area (Å²) in [6.45, 7) is 7.54. The molecule has 0 bridgehead atoms. The Morgan fingerprint density at radius 3 is 2.37 bits per heavy atom. The van der Waals surface area contributed by atoms with Crippen molar-refractivity contribution in [2.45, 2.75) is 34.1 Å². The molecule has 0 unspecified atom stereocenters. The third-order valence-corrected chi connectivity index (χ3v) is 4.42. The van der Waals surface area contributed by atoms with E-state index in [0.717, 1.165) is 22.3 Å². The van der Waals surface area contributed by atoms with Crippen molar-refractivity contribution in [2.24, 2.45) is 0 Å². The monoisotopic (exact) mass is 364 g/mol. The van der Waals surface area contributed by atoms with E-state index in [1.165, 1.54) is 4.90 Å². The van der Waals surface area contributed by atoms with E-state index in [4.69, 9.17) is 10.00 Å². The minimum Gasteiger partial charge on any atom is -0.452 e. The van der Waals surface area contributed by atoms with E-state index in [9.17, 15) is 9.59 Å². The summed E-state index contributed by atoms with van der Waals surface area (Å²) in [5.74, 6) is -0.876. The molecule has 140 valence electrons. The highest BCUT2D eigenvalue weighted by molar-refractivity contribution is 5.97. The average molecular weight is 364 g/mol. The molecular formula is C22H24N2O3. The van der Waals surface area contributed by atoms with E-state index in [-0.39, 0.29) is 25.5 Å². The summed E-state index contributed by atoms with van der Waals surface area (Å²) in [5.41, 5.74) is 5.03. The second kappa shape index (κ2) is 9.00. The van der Waals surface area contributed by atoms with Crippen LogP contribution in [0, 0.1) is 39.0 Å². The molecule has 0 spiro atoms. The van der Waals surface area contributed by atoms with Gasteiger partial charge in [-0.25, -0.2) is 4.79 Å². The third kappa shape index (κ3) is 5.18. The maximum atomic E-state index is 12.7. The zero-order valence-corrected chi connectivity index (χ0v) is 16.2. The van der Waals surface area contributed by atoms with Crippen LogP contribution < -0.4 is 4.90 Å². The summed E-state index contributed by atoms with van der Waals surface area (Å²) < 4.78 is 5.26. The standard InChI is InChI=1S/C22H24N2O3/c1-15-11-16(2)13-19(12-15)24(10-6-9-23)21(25)14-27-22(26)20-8-5-7-17(3)18(20)4/h5,7-8,11-13H,6,10,14H2,1-4H3. The maximum Gasteiger partial charge on any atom is 0.338 e. The second-order valence-corrected chi connectivity index (χ2v) is 6.62. The fraction of sp³-hybridized carbons (Fsp3) is 0.318. The van der Waals surface area contributed by atoms with Crippen LogP contribution in [-0.2, 0) is 9.53 Å². The number of hydrogen-bond acceptors (Lipinski definition) is 4. The molecule has 0 atom stereocenters. The Bertz CT molecular complexity index is 877. The third-order valence-electron chi connectivity index (χ3n) is 4.42. The molecule has 0 N–H and O–H groups in total. The number of ether oxygens (including phenoxy) is 1. The minimum atomic E-state index is -0.523. The van der Waals surface area contributed by atoms with Gasteiger partial charge in [0.05, 0.1) is 18.1 Å². The highest BCUT2D eigenvalue weighted by atomic mass is 16.5. The molecule has 0 aliphatic heterocycles. The Kier molecular flexibility index (Phi) is 6.73. The zero-order valence-electron chi connectivity index (χ0n) is 16.2. The lowest BCUT2D eigenvalue weighted by molar-refractivity contribution is -0.121. The molecule has 0 fully saturated rings. The lowest BCUT2D eigenvalue weighted by Gasteiger charge is -2.22. The first-order valence-electron chi connectivity index (χ1n) is 8.82. The maximum absolute atomic E-state index is 12.7. The van der Waals surface area contributed by atoms with E-state index in [0.29, 0.717) is 11.3 Å². The van der Waals surface area contributed by atoms with Gasteiger partial charge in [-0.2, -0.15) is 5.26 Å². The minimum absolute atomic E-state index is 0.198. The van der Waals surface area contributed by atoms with Crippen molar-refractivity contribution in [3.63, 3.8) is 0 Å². The predicted molar refractivity (Wildman–Crippen MR) is 105 cm³/mol. The quantitative estimate of drug-likeness (QED) is 0.726. The van der Waals surface area contributed by atoms with Crippen LogP contribution in [0.3, 0.4) is 0 Å². The Labute approximate surface area is 160 Å². The van der Waals surface area contributed by atoms with Crippen LogP contribution in [0.25, 0.3) is 0 Å². The Hall–Kier alpha value is -3.13. The number of nitriles is 1. The van der Waals surface area contributed by atoms with Crippen LogP contribution in [0.5, 0.6) is 0 Å². The Morgan fingerprint density at radius 1 is 1.07 bits per heavy atom. The summed E-state index contributed by atoms with van der Waals surface area (Å²) in [6, 6.07) is 13.2. The van der Waals surface area contributed by atoms with Crippen LogP contribution in [0.15, 0.2) is 36.4 Å². The number of nitrogens with zero attached hydrogens (tertiary/aromatic N) is 2. The molecule has 0 saturated heterocycles. The van der Waals surface area contributed by atoms with Crippen molar-refractivity contribution in [2.75, 3.05) is 18.1 Å². The van der Waals surface area contributed by atoms with Crippen molar-refractivity contribution >= 4 is 17.6 Å². The van der Waals surface area contributed by atoms with Gasteiger partial charge in [0.25, 0.3) is 5.91 Å². The smallest absolute Gasteiger partial charge is 0.338 e. The van der Waals surface area contributed by atoms with Gasteiger partial charge in [-0.1, -0.05) is 18.2 Å². The van der Waals surface area contributed by atoms with E-state index >= 15 is 0 Å². The molecule has 5 nitrogen and oxygen atoms in total. The van der Waals surface area contributed by atoms with E-state index in [1.54, 1.807) is 12.1 Å². The number of benzene rings is 2. The fourth-order valence-electron chi connectivity index (χ4n) is 2.92. The SMILES string of the molecule is Cc1cc(C)cc(N(CCC#N)C(=O)COC(=O)c2cccc(C)c2C)c1.